The first kappa shape index (κ1) is 49.2. The molecule has 5 atom stereocenters. The van der Waals surface area contributed by atoms with Gasteiger partial charge in [-0.3, -0.25) is 18.7 Å². The van der Waals surface area contributed by atoms with Gasteiger partial charge < -0.3 is 24.5 Å². The molecule has 342 valence electrons. The topological polar surface area (TPSA) is 179 Å². The first-order valence-electron chi connectivity index (χ1n) is 22.5. The van der Waals surface area contributed by atoms with Crippen LogP contribution in [0, 0.1) is 24.3 Å². The van der Waals surface area contributed by atoms with Crippen LogP contribution in [-0.4, -0.2) is 62.4 Å². The number of imidazole rings is 1. The average Bonchev–Trinajstić information content (AvgIpc) is 3.87. The van der Waals surface area contributed by atoms with Gasteiger partial charge in [0.05, 0.1) is 12.9 Å². The number of esters is 2. The SMILES string of the molecule is C#C[C@]1(CO[P@@](=O)(N[C@@H](Cc2ccccc2)C(=O)OCC(CC)CC)Oc2ccccc2)O[C@@H](n2cnc3c(N)nc(F)nc32)C[C@@H]1OC(=O)CCCCCCCCCCCCC. The van der Waals surface area contributed by atoms with Gasteiger partial charge in [-0.25, -0.2) is 9.55 Å². The molecule has 0 amide bonds. The average molecular weight is 891 g/mol. The standard InChI is InChI=1S/C47H64FN6O8P/c1-5-9-10-11-12-13-14-15-16-17-24-29-41(55)60-39-31-40(54-34-50-42-43(49)51-46(48)52-44(42)54)61-47(39,8-4)33-59-63(57,62-37-27-22-19-23-28-37)53-38(30-36-25-20-18-21-26-36)45(56)58-32-35(6-2)7-3/h4,18-23,25-28,34-35,38-40H,5-7,9-17,24,29-33H2,1-3H3,(H,53,57)(H2,49,51,52)/t38-,39-,40+,47+,63-/m0/s1. The van der Waals surface area contributed by atoms with Crippen LogP contribution in [0.1, 0.15) is 129 Å². The number of carbonyl (C=O) groups excluding carboxylic acids is 2. The summed E-state index contributed by atoms with van der Waals surface area (Å²) in [6, 6.07) is 16.3. The van der Waals surface area contributed by atoms with Crippen molar-refractivity contribution in [2.45, 2.75) is 147 Å². The van der Waals surface area contributed by atoms with Gasteiger partial charge in [0, 0.05) is 12.8 Å². The summed E-state index contributed by atoms with van der Waals surface area (Å²) in [6.07, 6.45) is 18.5. The van der Waals surface area contributed by atoms with Gasteiger partial charge in [0.15, 0.2) is 22.6 Å². The fraction of sp³-hybridized carbons (Fsp3) is 0.553. The van der Waals surface area contributed by atoms with E-state index in [1.165, 1.54) is 55.8 Å². The predicted octanol–water partition coefficient (Wildman–Crippen LogP) is 9.84. The molecule has 14 nitrogen and oxygen atoms in total. The third-order valence-corrected chi connectivity index (χ3v) is 13.0. The van der Waals surface area contributed by atoms with Crippen molar-refractivity contribution >= 4 is 36.7 Å². The highest BCUT2D eigenvalue weighted by molar-refractivity contribution is 7.52. The van der Waals surface area contributed by atoms with Crippen LogP contribution in [0.2, 0.25) is 0 Å². The first-order valence-corrected chi connectivity index (χ1v) is 24.0. The maximum atomic E-state index is 15.1. The quantitative estimate of drug-likeness (QED) is 0.0181. The number of nitrogens with one attached hydrogen (secondary N) is 1. The Balaban J connectivity index is 1.37. The van der Waals surface area contributed by atoms with E-state index in [0.29, 0.717) is 6.42 Å². The third kappa shape index (κ3) is 14.6. The number of rotatable bonds is 28. The lowest BCUT2D eigenvalue weighted by Gasteiger charge is -2.31. The summed E-state index contributed by atoms with van der Waals surface area (Å²) >= 11 is 0. The molecule has 1 aliphatic rings. The minimum absolute atomic E-state index is 0.0279. The van der Waals surface area contributed by atoms with Gasteiger partial charge in [0.1, 0.15) is 30.7 Å². The van der Waals surface area contributed by atoms with Crippen molar-refractivity contribution in [3.8, 4) is 18.1 Å². The van der Waals surface area contributed by atoms with Crippen LogP contribution in [0.15, 0.2) is 67.0 Å². The number of para-hydroxylation sites is 1. The number of fused-ring (bicyclic) bond motifs is 1. The van der Waals surface area contributed by atoms with Gasteiger partial charge in [0.25, 0.3) is 0 Å². The zero-order chi connectivity index (χ0) is 45.1. The molecule has 1 fully saturated rings. The first-order chi connectivity index (χ1) is 30.5. The second kappa shape index (κ2) is 24.8. The van der Waals surface area contributed by atoms with Gasteiger partial charge >= 0.3 is 25.8 Å². The summed E-state index contributed by atoms with van der Waals surface area (Å²) in [5.74, 6) is 1.61. The number of terminal acetylenes is 1. The summed E-state index contributed by atoms with van der Waals surface area (Å²) in [7, 11) is -4.56. The maximum Gasteiger partial charge on any atom is 0.459 e. The highest BCUT2D eigenvalue weighted by Crippen LogP contribution is 2.49. The van der Waals surface area contributed by atoms with Crippen LogP contribution in [0.3, 0.4) is 0 Å². The molecular formula is C47H64FN6O8P. The highest BCUT2D eigenvalue weighted by atomic mass is 31.2. The van der Waals surface area contributed by atoms with Crippen molar-refractivity contribution in [3.63, 3.8) is 0 Å². The Morgan fingerprint density at radius 2 is 1.60 bits per heavy atom. The second-order valence-corrected chi connectivity index (χ2v) is 17.9. The minimum Gasteiger partial charge on any atom is -0.464 e. The van der Waals surface area contributed by atoms with Crippen molar-refractivity contribution in [2.24, 2.45) is 5.92 Å². The van der Waals surface area contributed by atoms with E-state index in [1.54, 1.807) is 30.3 Å². The van der Waals surface area contributed by atoms with Crippen LogP contribution >= 0.6 is 7.75 Å². The summed E-state index contributed by atoms with van der Waals surface area (Å²) in [5, 5.41) is 2.86. The fourth-order valence-electron chi connectivity index (χ4n) is 7.56. The van der Waals surface area contributed by atoms with Crippen molar-refractivity contribution < 1.29 is 41.8 Å². The molecule has 3 N–H and O–H groups in total. The van der Waals surface area contributed by atoms with Crippen molar-refractivity contribution in [3.05, 3.63) is 78.6 Å². The Morgan fingerprint density at radius 3 is 2.24 bits per heavy atom. The monoisotopic (exact) mass is 890 g/mol. The number of halogens is 1. The summed E-state index contributed by atoms with van der Waals surface area (Å²) in [4.78, 5) is 39.1. The molecular weight excluding hydrogens is 827 g/mol. The predicted molar refractivity (Wildman–Crippen MR) is 240 cm³/mol. The third-order valence-electron chi connectivity index (χ3n) is 11.4. The molecule has 2 aromatic carbocycles. The lowest BCUT2D eigenvalue weighted by Crippen LogP contribution is -2.46. The van der Waals surface area contributed by atoms with Crippen molar-refractivity contribution in [1.82, 2.24) is 24.6 Å². The number of benzene rings is 2. The van der Waals surface area contributed by atoms with Crippen LogP contribution in [0.4, 0.5) is 10.2 Å². The number of carbonyl (C=O) groups is 2. The zero-order valence-corrected chi connectivity index (χ0v) is 37.8. The molecule has 0 saturated carbocycles. The van der Waals surface area contributed by atoms with Gasteiger partial charge in [-0.15, -0.1) is 6.42 Å². The number of nitrogens with two attached hydrogens (primary N) is 1. The Kier molecular flexibility index (Phi) is 19.4. The number of aromatic nitrogens is 4. The molecule has 3 heterocycles. The van der Waals surface area contributed by atoms with Gasteiger partial charge in [0.2, 0.25) is 0 Å². The molecule has 63 heavy (non-hydrogen) atoms. The fourth-order valence-corrected chi connectivity index (χ4v) is 9.08. The van der Waals surface area contributed by atoms with E-state index in [0.717, 1.165) is 37.7 Å². The summed E-state index contributed by atoms with van der Waals surface area (Å²) in [5.41, 5.74) is 5.01. The van der Waals surface area contributed by atoms with Crippen molar-refractivity contribution in [2.75, 3.05) is 18.9 Å². The van der Waals surface area contributed by atoms with Crippen LogP contribution in [-0.2, 0) is 39.3 Å². The Bertz CT molecular complexity index is 2120. The lowest BCUT2D eigenvalue weighted by atomic mass is 9.98. The van der Waals surface area contributed by atoms with Gasteiger partial charge in [-0.2, -0.15) is 19.4 Å². The van der Waals surface area contributed by atoms with E-state index in [9.17, 15) is 14.0 Å². The molecule has 2 aromatic heterocycles. The molecule has 0 aliphatic carbocycles. The normalized spacial score (nSPS) is 18.8. The zero-order valence-electron chi connectivity index (χ0n) is 36.9. The molecule has 0 unspecified atom stereocenters. The van der Waals surface area contributed by atoms with Gasteiger partial charge in [-0.1, -0.05) is 152 Å². The smallest absolute Gasteiger partial charge is 0.459 e. The van der Waals surface area contributed by atoms with E-state index < -0.39 is 56.3 Å². The summed E-state index contributed by atoms with van der Waals surface area (Å²) in [6.45, 7) is 5.80. The molecule has 1 aliphatic heterocycles. The van der Waals surface area contributed by atoms with Crippen LogP contribution in [0.25, 0.3) is 11.2 Å². The van der Waals surface area contributed by atoms with Crippen LogP contribution < -0.4 is 15.3 Å². The minimum atomic E-state index is -4.56. The Morgan fingerprint density at radius 1 is 0.968 bits per heavy atom. The van der Waals surface area contributed by atoms with E-state index in [1.807, 2.05) is 44.2 Å². The largest absolute Gasteiger partial charge is 0.464 e. The number of nitrogens with zero attached hydrogens (tertiary/aromatic N) is 4. The van der Waals surface area contributed by atoms with E-state index in [-0.39, 0.29) is 54.5 Å². The van der Waals surface area contributed by atoms with E-state index in [4.69, 9.17) is 35.4 Å². The molecule has 16 heteroatoms. The van der Waals surface area contributed by atoms with Gasteiger partial charge in [-0.05, 0) is 36.5 Å². The van der Waals surface area contributed by atoms with Crippen LogP contribution in [0.5, 0.6) is 5.75 Å². The molecule has 1 saturated heterocycles. The second-order valence-electron chi connectivity index (χ2n) is 16.2. The number of ether oxygens (including phenoxy) is 3. The number of anilines is 1. The molecule has 0 radical (unpaired) electrons. The van der Waals surface area contributed by atoms with Crippen molar-refractivity contribution in [1.29, 1.82) is 0 Å². The van der Waals surface area contributed by atoms with E-state index in [2.05, 4.69) is 32.9 Å². The Labute approximate surface area is 371 Å². The van der Waals surface area contributed by atoms with E-state index >= 15 is 4.57 Å². The number of hydrogen-bond acceptors (Lipinski definition) is 12. The summed E-state index contributed by atoms with van der Waals surface area (Å²) < 4.78 is 61.6. The molecule has 4 aromatic rings. The molecule has 5 rings (SSSR count). The lowest BCUT2D eigenvalue weighted by molar-refractivity contribution is -0.158. The number of hydrogen-bond donors (Lipinski definition) is 2. The Hall–Kier alpha value is -4.87. The highest BCUT2D eigenvalue weighted by Gasteiger charge is 2.53. The number of unbranched alkanes of at least 4 members (excludes halogenated alkanes) is 10. The molecule has 0 bridgehead atoms. The number of nitrogen functional groups attached to an aromatic ring is 1. The molecule has 0 spiro atoms. The maximum absolute atomic E-state index is 15.1.